The highest BCUT2D eigenvalue weighted by molar-refractivity contribution is 7.11. The molecule has 120 valence electrons. The van der Waals surface area contributed by atoms with Crippen molar-refractivity contribution in [2.75, 3.05) is 0 Å². The van der Waals surface area contributed by atoms with Gasteiger partial charge in [0, 0.05) is 29.1 Å². The number of amides is 1. The molecule has 0 radical (unpaired) electrons. The van der Waals surface area contributed by atoms with Crippen molar-refractivity contribution in [3.05, 3.63) is 40.4 Å². The number of carbonyl (C=O) groups is 1. The summed E-state index contributed by atoms with van der Waals surface area (Å²) in [5.41, 5.74) is 0.636. The van der Waals surface area contributed by atoms with Crippen molar-refractivity contribution in [2.24, 2.45) is 0 Å². The molecular formula is C16H16ClN3O2S. The SMILES string of the molecule is O=C(N[C@@H]1C[C@H]2CC[C@@H]1N2)c1ccc(Oc2nc(Cl)cs2)cc1. The molecule has 3 atom stereocenters. The monoisotopic (exact) mass is 349 g/mol. The Morgan fingerprint density at radius 2 is 2.17 bits per heavy atom. The van der Waals surface area contributed by atoms with E-state index in [9.17, 15) is 4.79 Å². The van der Waals surface area contributed by atoms with Crippen molar-refractivity contribution in [1.82, 2.24) is 15.6 Å². The van der Waals surface area contributed by atoms with Crippen LogP contribution in [0.2, 0.25) is 5.15 Å². The lowest BCUT2D eigenvalue weighted by Crippen LogP contribution is -2.42. The van der Waals surface area contributed by atoms with Gasteiger partial charge in [-0.3, -0.25) is 4.79 Å². The minimum atomic E-state index is -0.0341. The molecule has 4 rings (SSSR count). The largest absolute Gasteiger partial charge is 0.431 e. The summed E-state index contributed by atoms with van der Waals surface area (Å²) in [5, 5.41) is 9.26. The Morgan fingerprint density at radius 3 is 2.78 bits per heavy atom. The molecule has 0 unspecified atom stereocenters. The molecule has 1 aromatic heterocycles. The summed E-state index contributed by atoms with van der Waals surface area (Å²) < 4.78 is 5.59. The first-order valence-corrected chi connectivity index (χ1v) is 8.89. The lowest BCUT2D eigenvalue weighted by atomic mass is 9.95. The van der Waals surface area contributed by atoms with Crippen molar-refractivity contribution < 1.29 is 9.53 Å². The van der Waals surface area contributed by atoms with Crippen LogP contribution in [-0.2, 0) is 0 Å². The van der Waals surface area contributed by atoms with Crippen LogP contribution in [0.15, 0.2) is 29.6 Å². The smallest absolute Gasteiger partial charge is 0.280 e. The average molecular weight is 350 g/mol. The first kappa shape index (κ1) is 14.9. The molecule has 1 aromatic carbocycles. The molecule has 5 nitrogen and oxygen atoms in total. The number of thiazole rings is 1. The van der Waals surface area contributed by atoms with Gasteiger partial charge in [-0.05, 0) is 43.5 Å². The fourth-order valence-corrected chi connectivity index (χ4v) is 4.10. The third-order valence-corrected chi connectivity index (χ3v) is 5.43. The summed E-state index contributed by atoms with van der Waals surface area (Å²) >= 11 is 7.09. The van der Waals surface area contributed by atoms with Gasteiger partial charge in [-0.25, -0.2) is 0 Å². The van der Waals surface area contributed by atoms with E-state index in [1.54, 1.807) is 29.6 Å². The molecule has 2 bridgehead atoms. The van der Waals surface area contributed by atoms with E-state index >= 15 is 0 Å². The predicted octanol–water partition coefficient (Wildman–Crippen LogP) is 3.21. The zero-order chi connectivity index (χ0) is 15.8. The summed E-state index contributed by atoms with van der Waals surface area (Å²) in [7, 11) is 0. The van der Waals surface area contributed by atoms with Crippen LogP contribution < -0.4 is 15.4 Å². The zero-order valence-corrected chi connectivity index (χ0v) is 13.9. The molecule has 0 aliphatic carbocycles. The van der Waals surface area contributed by atoms with Crippen LogP contribution in [0, 0.1) is 0 Å². The van der Waals surface area contributed by atoms with E-state index < -0.39 is 0 Å². The number of benzene rings is 1. The lowest BCUT2D eigenvalue weighted by molar-refractivity contribution is 0.0931. The topological polar surface area (TPSA) is 63.2 Å². The molecule has 7 heteroatoms. The molecule has 0 saturated carbocycles. The van der Waals surface area contributed by atoms with Crippen LogP contribution in [0.1, 0.15) is 29.6 Å². The average Bonchev–Trinajstić information content (AvgIpc) is 3.25. The Hall–Kier alpha value is -1.63. The number of fused-ring (bicyclic) bond motifs is 2. The van der Waals surface area contributed by atoms with Gasteiger partial charge in [0.2, 0.25) is 0 Å². The molecule has 0 spiro atoms. The summed E-state index contributed by atoms with van der Waals surface area (Å²) in [6, 6.07) is 8.31. The van der Waals surface area contributed by atoms with E-state index in [4.69, 9.17) is 16.3 Å². The van der Waals surface area contributed by atoms with Gasteiger partial charge in [-0.15, -0.1) is 0 Å². The quantitative estimate of drug-likeness (QED) is 0.889. The Bertz CT molecular complexity index is 718. The van der Waals surface area contributed by atoms with Crippen molar-refractivity contribution in [3.8, 4) is 10.9 Å². The number of aromatic nitrogens is 1. The third kappa shape index (κ3) is 3.20. The standard InChI is InChI=1S/C16H16ClN3O2S/c17-14-8-23-16(20-14)22-11-4-1-9(2-5-11)15(21)19-13-7-10-3-6-12(13)18-10/h1-2,4-5,8,10,12-13,18H,3,6-7H2,(H,19,21)/t10-,12+,13-/m1/s1. The highest BCUT2D eigenvalue weighted by Gasteiger charge is 2.39. The van der Waals surface area contributed by atoms with Gasteiger partial charge in [-0.2, -0.15) is 4.98 Å². The second kappa shape index (κ2) is 6.11. The van der Waals surface area contributed by atoms with Crippen molar-refractivity contribution >= 4 is 28.8 Å². The minimum absolute atomic E-state index is 0.0341. The van der Waals surface area contributed by atoms with Gasteiger partial charge >= 0.3 is 0 Å². The van der Waals surface area contributed by atoms with Crippen LogP contribution in [0.5, 0.6) is 10.9 Å². The molecule has 2 aliphatic heterocycles. The summed E-state index contributed by atoms with van der Waals surface area (Å²) in [6.45, 7) is 0. The normalized spacial score (nSPS) is 25.5. The second-order valence-electron chi connectivity index (χ2n) is 5.93. The number of halogens is 1. The first-order chi connectivity index (χ1) is 11.2. The molecule has 2 fully saturated rings. The fraction of sp³-hybridized carbons (Fsp3) is 0.375. The van der Waals surface area contributed by atoms with Crippen molar-refractivity contribution in [3.63, 3.8) is 0 Å². The van der Waals surface area contributed by atoms with Crippen LogP contribution in [0.25, 0.3) is 0 Å². The summed E-state index contributed by atoms with van der Waals surface area (Å²) in [6.07, 6.45) is 3.41. The summed E-state index contributed by atoms with van der Waals surface area (Å²) in [5.74, 6) is 0.599. The predicted molar refractivity (Wildman–Crippen MR) is 89.5 cm³/mol. The van der Waals surface area contributed by atoms with E-state index in [0.29, 0.717) is 33.7 Å². The maximum absolute atomic E-state index is 12.3. The van der Waals surface area contributed by atoms with Crippen LogP contribution in [-0.4, -0.2) is 29.0 Å². The van der Waals surface area contributed by atoms with Gasteiger partial charge in [0.1, 0.15) is 10.9 Å². The number of rotatable bonds is 4. The van der Waals surface area contributed by atoms with Crippen molar-refractivity contribution in [2.45, 2.75) is 37.4 Å². The minimum Gasteiger partial charge on any atom is -0.431 e. The van der Waals surface area contributed by atoms with Crippen LogP contribution in [0.3, 0.4) is 0 Å². The summed E-state index contributed by atoms with van der Waals surface area (Å²) in [4.78, 5) is 16.4. The van der Waals surface area contributed by atoms with Crippen LogP contribution >= 0.6 is 22.9 Å². The maximum Gasteiger partial charge on any atom is 0.280 e. The molecule has 23 heavy (non-hydrogen) atoms. The highest BCUT2D eigenvalue weighted by Crippen LogP contribution is 2.29. The molecule has 2 aliphatic rings. The molecule has 2 saturated heterocycles. The first-order valence-electron chi connectivity index (χ1n) is 7.63. The maximum atomic E-state index is 12.3. The van der Waals surface area contributed by atoms with E-state index in [2.05, 4.69) is 15.6 Å². The lowest BCUT2D eigenvalue weighted by Gasteiger charge is -2.21. The molecule has 3 heterocycles. The number of nitrogens with one attached hydrogen (secondary N) is 2. The second-order valence-corrected chi connectivity index (χ2v) is 7.13. The Morgan fingerprint density at radius 1 is 1.35 bits per heavy atom. The highest BCUT2D eigenvalue weighted by atomic mass is 35.5. The van der Waals surface area contributed by atoms with E-state index in [1.807, 2.05) is 0 Å². The fourth-order valence-electron chi connectivity index (χ4n) is 3.30. The number of hydrogen-bond donors (Lipinski definition) is 2. The van der Waals surface area contributed by atoms with E-state index in [0.717, 1.165) is 12.8 Å². The van der Waals surface area contributed by atoms with Gasteiger partial charge < -0.3 is 15.4 Å². The number of ether oxygens (including phenoxy) is 1. The van der Waals surface area contributed by atoms with E-state index in [1.165, 1.54) is 17.8 Å². The Kier molecular flexibility index (Phi) is 3.97. The third-order valence-electron chi connectivity index (χ3n) is 4.39. The molecule has 2 aromatic rings. The molecule has 2 N–H and O–H groups in total. The number of hydrogen-bond acceptors (Lipinski definition) is 5. The Balaban J connectivity index is 1.38. The molecular weight excluding hydrogens is 334 g/mol. The number of carbonyl (C=O) groups excluding carboxylic acids is 1. The van der Waals surface area contributed by atoms with Gasteiger partial charge in [0.05, 0.1) is 0 Å². The van der Waals surface area contributed by atoms with Gasteiger partial charge in [0.25, 0.3) is 11.1 Å². The van der Waals surface area contributed by atoms with Crippen molar-refractivity contribution in [1.29, 1.82) is 0 Å². The van der Waals surface area contributed by atoms with Crippen LogP contribution in [0.4, 0.5) is 0 Å². The van der Waals surface area contributed by atoms with Gasteiger partial charge in [0.15, 0.2) is 0 Å². The van der Waals surface area contributed by atoms with E-state index in [-0.39, 0.29) is 11.9 Å². The van der Waals surface area contributed by atoms with Gasteiger partial charge in [-0.1, -0.05) is 22.9 Å². The zero-order valence-electron chi connectivity index (χ0n) is 12.3. The Labute approximate surface area is 143 Å². The number of nitrogens with zero attached hydrogens (tertiary/aromatic N) is 1. The molecule has 1 amide bonds.